The third-order valence-electron chi connectivity index (χ3n) is 4.67. The van der Waals surface area contributed by atoms with Crippen LogP contribution in [0.2, 0.25) is 0 Å². The molecule has 132 valence electrons. The van der Waals surface area contributed by atoms with Crippen LogP contribution in [0.5, 0.6) is 0 Å². The summed E-state index contributed by atoms with van der Waals surface area (Å²) in [6.45, 7) is 2.95. The summed E-state index contributed by atoms with van der Waals surface area (Å²) < 4.78 is 26.7. The Balaban J connectivity index is 1.61. The minimum absolute atomic E-state index is 0.0182. The molecule has 2 fully saturated rings. The standard InChI is InChI=1S/C17H25N3O3S/c21-17(19-15-8-9-18-13-15)12-14-4-6-16(7-5-14)24(22,23)20-10-2-1-3-11-20/h4-7,15,18H,1-3,8-13H2,(H,19,21). The van der Waals surface area contributed by atoms with Gasteiger partial charge in [0.1, 0.15) is 0 Å². The second kappa shape index (κ2) is 7.63. The van der Waals surface area contributed by atoms with E-state index in [1.807, 2.05) is 0 Å². The van der Waals surface area contributed by atoms with Crippen LogP contribution in [-0.2, 0) is 21.2 Å². The Morgan fingerprint density at radius 2 is 1.88 bits per heavy atom. The smallest absolute Gasteiger partial charge is 0.243 e. The first-order valence-electron chi connectivity index (χ1n) is 8.65. The maximum absolute atomic E-state index is 12.6. The summed E-state index contributed by atoms with van der Waals surface area (Å²) in [5, 5.41) is 6.21. The molecule has 0 aliphatic carbocycles. The van der Waals surface area contributed by atoms with Crippen molar-refractivity contribution in [2.45, 2.75) is 43.0 Å². The van der Waals surface area contributed by atoms with Crippen molar-refractivity contribution in [1.29, 1.82) is 0 Å². The number of nitrogens with zero attached hydrogens (tertiary/aromatic N) is 1. The zero-order chi connectivity index (χ0) is 17.0. The molecule has 0 aromatic heterocycles. The van der Waals surface area contributed by atoms with Crippen LogP contribution < -0.4 is 10.6 Å². The molecule has 6 nitrogen and oxygen atoms in total. The number of carbonyl (C=O) groups is 1. The number of nitrogens with one attached hydrogen (secondary N) is 2. The SMILES string of the molecule is O=C(Cc1ccc(S(=O)(=O)N2CCCCC2)cc1)NC1CCNC1. The van der Waals surface area contributed by atoms with Gasteiger partial charge < -0.3 is 10.6 Å². The molecule has 1 atom stereocenters. The third kappa shape index (κ3) is 4.15. The molecule has 2 saturated heterocycles. The fraction of sp³-hybridized carbons (Fsp3) is 0.588. The highest BCUT2D eigenvalue weighted by molar-refractivity contribution is 7.89. The number of sulfonamides is 1. The number of carbonyl (C=O) groups excluding carboxylic acids is 1. The van der Waals surface area contributed by atoms with Crippen molar-refractivity contribution >= 4 is 15.9 Å². The molecular formula is C17H25N3O3S. The van der Waals surface area contributed by atoms with E-state index < -0.39 is 10.0 Å². The molecule has 1 aromatic rings. The summed E-state index contributed by atoms with van der Waals surface area (Å²) >= 11 is 0. The van der Waals surface area contributed by atoms with Gasteiger partial charge in [-0.25, -0.2) is 8.42 Å². The third-order valence-corrected chi connectivity index (χ3v) is 6.58. The van der Waals surface area contributed by atoms with E-state index in [1.165, 1.54) is 0 Å². The van der Waals surface area contributed by atoms with Crippen LogP contribution in [0.25, 0.3) is 0 Å². The van der Waals surface area contributed by atoms with E-state index in [9.17, 15) is 13.2 Å². The quantitative estimate of drug-likeness (QED) is 0.826. The van der Waals surface area contributed by atoms with Crippen LogP contribution >= 0.6 is 0 Å². The lowest BCUT2D eigenvalue weighted by Crippen LogP contribution is -2.37. The average Bonchev–Trinajstić information content (AvgIpc) is 3.09. The molecule has 0 spiro atoms. The maximum Gasteiger partial charge on any atom is 0.243 e. The normalized spacial score (nSPS) is 22.4. The highest BCUT2D eigenvalue weighted by Gasteiger charge is 2.25. The van der Waals surface area contributed by atoms with Crippen molar-refractivity contribution in [1.82, 2.24) is 14.9 Å². The molecule has 1 unspecified atom stereocenters. The maximum atomic E-state index is 12.6. The summed E-state index contributed by atoms with van der Waals surface area (Å²) in [5.41, 5.74) is 0.830. The molecule has 24 heavy (non-hydrogen) atoms. The van der Waals surface area contributed by atoms with Gasteiger partial charge in [0.15, 0.2) is 0 Å². The summed E-state index contributed by atoms with van der Waals surface area (Å²) in [6, 6.07) is 6.91. The van der Waals surface area contributed by atoms with Gasteiger partial charge in [-0.1, -0.05) is 18.6 Å². The summed E-state index contributed by atoms with van der Waals surface area (Å²) in [7, 11) is -3.40. The highest BCUT2D eigenvalue weighted by Crippen LogP contribution is 2.21. The number of benzene rings is 1. The van der Waals surface area contributed by atoms with Crippen LogP contribution in [0, 0.1) is 0 Å². The largest absolute Gasteiger partial charge is 0.352 e. The Labute approximate surface area is 143 Å². The first kappa shape index (κ1) is 17.4. The van der Waals surface area contributed by atoms with Crippen molar-refractivity contribution in [3.8, 4) is 0 Å². The number of amides is 1. The Morgan fingerprint density at radius 3 is 2.50 bits per heavy atom. The second-order valence-electron chi connectivity index (χ2n) is 6.54. The Bertz CT molecular complexity index is 661. The predicted octanol–water partition coefficient (Wildman–Crippen LogP) is 0.882. The molecule has 2 aliphatic heterocycles. The van der Waals surface area contributed by atoms with Gasteiger partial charge in [-0.15, -0.1) is 0 Å². The molecule has 2 N–H and O–H groups in total. The molecule has 3 rings (SSSR count). The van der Waals surface area contributed by atoms with E-state index in [0.29, 0.717) is 18.0 Å². The van der Waals surface area contributed by atoms with Gasteiger partial charge in [-0.3, -0.25) is 4.79 Å². The lowest BCUT2D eigenvalue weighted by molar-refractivity contribution is -0.121. The molecular weight excluding hydrogens is 326 g/mol. The molecule has 2 heterocycles. The van der Waals surface area contributed by atoms with Gasteiger partial charge in [0.25, 0.3) is 0 Å². The molecule has 0 bridgehead atoms. The Morgan fingerprint density at radius 1 is 1.17 bits per heavy atom. The summed E-state index contributed by atoms with van der Waals surface area (Å²) in [5.74, 6) is -0.0182. The van der Waals surface area contributed by atoms with Gasteiger partial charge in [-0.2, -0.15) is 4.31 Å². The van der Waals surface area contributed by atoms with Crippen molar-refractivity contribution < 1.29 is 13.2 Å². The summed E-state index contributed by atoms with van der Waals surface area (Å²) in [6.07, 6.45) is 4.18. The molecule has 2 aliphatic rings. The highest BCUT2D eigenvalue weighted by atomic mass is 32.2. The van der Waals surface area contributed by atoms with E-state index >= 15 is 0 Å². The monoisotopic (exact) mass is 351 g/mol. The van der Waals surface area contributed by atoms with Gasteiger partial charge >= 0.3 is 0 Å². The number of piperidine rings is 1. The number of rotatable bonds is 5. The van der Waals surface area contributed by atoms with E-state index in [0.717, 1.165) is 44.3 Å². The van der Waals surface area contributed by atoms with Crippen LogP contribution in [0.1, 0.15) is 31.2 Å². The van der Waals surface area contributed by atoms with Crippen molar-refractivity contribution in [2.75, 3.05) is 26.2 Å². The molecule has 7 heteroatoms. The number of hydrogen-bond acceptors (Lipinski definition) is 4. The predicted molar refractivity (Wildman–Crippen MR) is 92.2 cm³/mol. The summed E-state index contributed by atoms with van der Waals surface area (Å²) in [4.78, 5) is 12.3. The van der Waals surface area contributed by atoms with Gasteiger partial charge in [0.05, 0.1) is 11.3 Å². The molecule has 1 amide bonds. The molecule has 1 aromatic carbocycles. The lowest BCUT2D eigenvalue weighted by Gasteiger charge is -2.25. The minimum atomic E-state index is -3.40. The fourth-order valence-electron chi connectivity index (χ4n) is 3.28. The average molecular weight is 351 g/mol. The van der Waals surface area contributed by atoms with Gasteiger partial charge in [0.2, 0.25) is 15.9 Å². The van der Waals surface area contributed by atoms with Crippen LogP contribution in [0.4, 0.5) is 0 Å². The second-order valence-corrected chi connectivity index (χ2v) is 8.48. The number of hydrogen-bond donors (Lipinski definition) is 2. The van der Waals surface area contributed by atoms with Crippen LogP contribution in [0.15, 0.2) is 29.2 Å². The fourth-order valence-corrected chi connectivity index (χ4v) is 4.79. The van der Waals surface area contributed by atoms with E-state index in [1.54, 1.807) is 28.6 Å². The molecule has 0 saturated carbocycles. The Kier molecular flexibility index (Phi) is 5.53. The zero-order valence-corrected chi connectivity index (χ0v) is 14.6. The van der Waals surface area contributed by atoms with E-state index in [2.05, 4.69) is 10.6 Å². The van der Waals surface area contributed by atoms with Crippen LogP contribution in [0.3, 0.4) is 0 Å². The minimum Gasteiger partial charge on any atom is -0.352 e. The van der Waals surface area contributed by atoms with Crippen LogP contribution in [-0.4, -0.2) is 50.9 Å². The Hall–Kier alpha value is -1.44. The molecule has 0 radical (unpaired) electrons. The van der Waals surface area contributed by atoms with Crippen molar-refractivity contribution in [3.63, 3.8) is 0 Å². The van der Waals surface area contributed by atoms with Crippen molar-refractivity contribution in [3.05, 3.63) is 29.8 Å². The lowest BCUT2D eigenvalue weighted by atomic mass is 10.1. The van der Waals surface area contributed by atoms with Gasteiger partial charge in [0, 0.05) is 25.7 Å². The van der Waals surface area contributed by atoms with Gasteiger partial charge in [-0.05, 0) is 43.5 Å². The van der Waals surface area contributed by atoms with E-state index in [4.69, 9.17) is 0 Å². The van der Waals surface area contributed by atoms with E-state index in [-0.39, 0.29) is 18.4 Å². The first-order chi connectivity index (χ1) is 11.6. The first-order valence-corrected chi connectivity index (χ1v) is 10.1. The zero-order valence-electron chi connectivity index (χ0n) is 13.8. The van der Waals surface area contributed by atoms with Crippen molar-refractivity contribution in [2.24, 2.45) is 0 Å². The topological polar surface area (TPSA) is 78.5 Å².